The number of benzene rings is 2. The van der Waals surface area contributed by atoms with Gasteiger partial charge in [0.1, 0.15) is 11.5 Å². The number of ether oxygens (including phenoxy) is 1. The fourth-order valence-electron chi connectivity index (χ4n) is 1.46. The Kier molecular flexibility index (Phi) is 3.39. The first kappa shape index (κ1) is 10.5. The van der Waals surface area contributed by atoms with Gasteiger partial charge in [0, 0.05) is 0 Å². The van der Waals surface area contributed by atoms with Crippen LogP contribution in [0.4, 0.5) is 0 Å². The molecule has 0 aromatic heterocycles. The molecule has 0 atom stereocenters. The molecule has 0 fully saturated rings. The summed E-state index contributed by atoms with van der Waals surface area (Å²) in [5.74, 6) is 1.72. The van der Waals surface area contributed by atoms with Crippen LogP contribution in [0.5, 0.6) is 11.5 Å². The zero-order valence-electron chi connectivity index (χ0n) is 9.26. The molecule has 16 heavy (non-hydrogen) atoms. The summed E-state index contributed by atoms with van der Waals surface area (Å²) < 4.78 is 5.69. The van der Waals surface area contributed by atoms with Gasteiger partial charge < -0.3 is 4.74 Å². The Bertz CT molecular complexity index is 455. The van der Waals surface area contributed by atoms with E-state index >= 15 is 0 Å². The van der Waals surface area contributed by atoms with Gasteiger partial charge in [0.15, 0.2) is 0 Å². The summed E-state index contributed by atoms with van der Waals surface area (Å²) in [5, 5.41) is 0. The Morgan fingerprint density at radius 1 is 0.812 bits per heavy atom. The monoisotopic (exact) mass is 210 g/mol. The average Bonchev–Trinajstić information content (AvgIpc) is 2.33. The number of hydrogen-bond acceptors (Lipinski definition) is 1. The van der Waals surface area contributed by atoms with Crippen LogP contribution in [0.2, 0.25) is 0 Å². The fraction of sp³-hybridized carbons (Fsp3) is 0.0667. The van der Waals surface area contributed by atoms with Crippen molar-refractivity contribution in [3.8, 4) is 11.5 Å². The second-order valence-corrected chi connectivity index (χ2v) is 3.48. The van der Waals surface area contributed by atoms with Crippen molar-refractivity contribution in [1.29, 1.82) is 0 Å². The van der Waals surface area contributed by atoms with Crippen LogP contribution < -0.4 is 4.74 Å². The number of para-hydroxylation sites is 1. The van der Waals surface area contributed by atoms with Crippen molar-refractivity contribution in [3.05, 3.63) is 66.2 Å². The SMILES string of the molecule is C/C=C/c1ccc(Oc2ccccc2)cc1. The average molecular weight is 210 g/mol. The van der Waals surface area contributed by atoms with E-state index in [-0.39, 0.29) is 0 Å². The van der Waals surface area contributed by atoms with E-state index in [2.05, 4.69) is 6.08 Å². The van der Waals surface area contributed by atoms with Crippen LogP contribution in [0, 0.1) is 0 Å². The summed E-state index contributed by atoms with van der Waals surface area (Å²) in [6.45, 7) is 2.01. The quantitative estimate of drug-likeness (QED) is 0.724. The van der Waals surface area contributed by atoms with Crippen molar-refractivity contribution < 1.29 is 4.74 Å². The maximum atomic E-state index is 5.69. The van der Waals surface area contributed by atoms with Crippen molar-refractivity contribution in [3.63, 3.8) is 0 Å². The van der Waals surface area contributed by atoms with E-state index in [4.69, 9.17) is 4.74 Å². The largest absolute Gasteiger partial charge is 0.457 e. The molecule has 0 aliphatic carbocycles. The summed E-state index contributed by atoms with van der Waals surface area (Å²) in [6.07, 6.45) is 4.08. The third-order valence-corrected chi connectivity index (χ3v) is 2.22. The van der Waals surface area contributed by atoms with Gasteiger partial charge in [-0.15, -0.1) is 0 Å². The Morgan fingerprint density at radius 2 is 1.44 bits per heavy atom. The Morgan fingerprint density at radius 3 is 2.06 bits per heavy atom. The second kappa shape index (κ2) is 5.17. The normalized spacial score (nSPS) is 10.6. The third kappa shape index (κ3) is 2.74. The summed E-state index contributed by atoms with van der Waals surface area (Å²) in [6, 6.07) is 17.8. The molecule has 0 radical (unpaired) electrons. The van der Waals surface area contributed by atoms with Gasteiger partial charge in [0.25, 0.3) is 0 Å². The summed E-state index contributed by atoms with van der Waals surface area (Å²) in [5.41, 5.74) is 1.18. The second-order valence-electron chi connectivity index (χ2n) is 3.48. The van der Waals surface area contributed by atoms with E-state index in [0.717, 1.165) is 11.5 Å². The highest BCUT2D eigenvalue weighted by Crippen LogP contribution is 2.21. The van der Waals surface area contributed by atoms with E-state index in [9.17, 15) is 0 Å². The molecule has 2 aromatic rings. The minimum absolute atomic E-state index is 0.861. The van der Waals surface area contributed by atoms with Crippen molar-refractivity contribution in [1.82, 2.24) is 0 Å². The standard InChI is InChI=1S/C15H14O/c1-2-6-13-9-11-15(12-10-13)16-14-7-4-3-5-8-14/h2-12H,1H3/b6-2+. The molecule has 0 N–H and O–H groups in total. The Hall–Kier alpha value is -2.02. The molecule has 80 valence electrons. The first-order chi connectivity index (χ1) is 7.88. The molecule has 2 rings (SSSR count). The third-order valence-electron chi connectivity index (χ3n) is 2.22. The van der Waals surface area contributed by atoms with Crippen molar-refractivity contribution >= 4 is 6.08 Å². The number of allylic oxidation sites excluding steroid dienone is 1. The maximum Gasteiger partial charge on any atom is 0.127 e. The van der Waals surface area contributed by atoms with Gasteiger partial charge in [0.2, 0.25) is 0 Å². The van der Waals surface area contributed by atoms with E-state index in [1.807, 2.05) is 67.6 Å². The van der Waals surface area contributed by atoms with Gasteiger partial charge in [-0.3, -0.25) is 0 Å². The maximum absolute atomic E-state index is 5.69. The highest BCUT2D eigenvalue weighted by molar-refractivity contribution is 5.50. The summed E-state index contributed by atoms with van der Waals surface area (Å²) in [7, 11) is 0. The minimum Gasteiger partial charge on any atom is -0.457 e. The molecule has 0 aliphatic heterocycles. The van der Waals surface area contributed by atoms with Gasteiger partial charge in [-0.25, -0.2) is 0 Å². The molecular weight excluding hydrogens is 196 g/mol. The van der Waals surface area contributed by atoms with Crippen LogP contribution in [-0.4, -0.2) is 0 Å². The Labute approximate surface area is 96.0 Å². The minimum atomic E-state index is 0.861. The lowest BCUT2D eigenvalue weighted by atomic mass is 10.2. The highest BCUT2D eigenvalue weighted by Gasteiger charge is 1.95. The molecule has 0 amide bonds. The number of hydrogen-bond donors (Lipinski definition) is 0. The molecular formula is C15H14O. The van der Waals surface area contributed by atoms with Gasteiger partial charge in [0.05, 0.1) is 0 Å². The molecule has 0 spiro atoms. The van der Waals surface area contributed by atoms with E-state index in [1.54, 1.807) is 0 Å². The smallest absolute Gasteiger partial charge is 0.127 e. The van der Waals surface area contributed by atoms with Crippen molar-refractivity contribution in [2.24, 2.45) is 0 Å². The molecule has 0 saturated carbocycles. The predicted octanol–water partition coefficient (Wildman–Crippen LogP) is 4.51. The van der Waals surface area contributed by atoms with Crippen LogP contribution in [0.1, 0.15) is 12.5 Å². The van der Waals surface area contributed by atoms with E-state index in [1.165, 1.54) is 5.56 Å². The van der Waals surface area contributed by atoms with Crippen LogP contribution in [0.15, 0.2) is 60.7 Å². The zero-order chi connectivity index (χ0) is 11.2. The zero-order valence-corrected chi connectivity index (χ0v) is 9.26. The molecule has 0 heterocycles. The van der Waals surface area contributed by atoms with Gasteiger partial charge in [-0.05, 0) is 36.8 Å². The molecule has 0 saturated heterocycles. The molecule has 0 unspecified atom stereocenters. The lowest BCUT2D eigenvalue weighted by Gasteiger charge is -2.05. The van der Waals surface area contributed by atoms with Crippen molar-refractivity contribution in [2.45, 2.75) is 6.92 Å². The van der Waals surface area contributed by atoms with Gasteiger partial charge in [-0.2, -0.15) is 0 Å². The molecule has 1 nitrogen and oxygen atoms in total. The molecule has 1 heteroatoms. The predicted molar refractivity (Wildman–Crippen MR) is 67.7 cm³/mol. The van der Waals surface area contributed by atoms with Crippen molar-refractivity contribution in [2.75, 3.05) is 0 Å². The lowest BCUT2D eigenvalue weighted by molar-refractivity contribution is 0.482. The van der Waals surface area contributed by atoms with Gasteiger partial charge >= 0.3 is 0 Å². The highest BCUT2D eigenvalue weighted by atomic mass is 16.5. The van der Waals surface area contributed by atoms with E-state index in [0.29, 0.717) is 0 Å². The molecule has 0 aliphatic rings. The molecule has 0 bridgehead atoms. The lowest BCUT2D eigenvalue weighted by Crippen LogP contribution is -1.83. The first-order valence-corrected chi connectivity index (χ1v) is 5.34. The number of rotatable bonds is 3. The van der Waals surface area contributed by atoms with Crippen LogP contribution in [-0.2, 0) is 0 Å². The fourth-order valence-corrected chi connectivity index (χ4v) is 1.46. The summed E-state index contributed by atoms with van der Waals surface area (Å²) >= 11 is 0. The topological polar surface area (TPSA) is 9.23 Å². The van der Waals surface area contributed by atoms with Crippen LogP contribution in [0.3, 0.4) is 0 Å². The van der Waals surface area contributed by atoms with Crippen LogP contribution >= 0.6 is 0 Å². The summed E-state index contributed by atoms with van der Waals surface area (Å²) in [4.78, 5) is 0. The first-order valence-electron chi connectivity index (χ1n) is 5.34. The van der Waals surface area contributed by atoms with Crippen LogP contribution in [0.25, 0.3) is 6.08 Å². The van der Waals surface area contributed by atoms with E-state index < -0.39 is 0 Å². The molecule has 2 aromatic carbocycles. The van der Waals surface area contributed by atoms with Gasteiger partial charge in [-0.1, -0.05) is 42.5 Å². The Balaban J connectivity index is 2.11.